The second-order valence-corrected chi connectivity index (χ2v) is 5.66. The lowest BCUT2D eigenvalue weighted by molar-refractivity contribution is 0.410. The van der Waals surface area contributed by atoms with Crippen LogP contribution in [-0.4, -0.2) is 7.11 Å². The molecule has 0 amide bonds. The monoisotopic (exact) mass is 280 g/mol. The molecule has 0 aliphatic rings. The Hall–Kier alpha value is -0.990. The van der Waals surface area contributed by atoms with E-state index in [1.165, 1.54) is 16.0 Å². The highest BCUT2D eigenvalue weighted by Crippen LogP contribution is 2.39. The average molecular weight is 281 g/mol. The Kier molecular flexibility index (Phi) is 4.31. The fourth-order valence-electron chi connectivity index (χ4n) is 2.05. The summed E-state index contributed by atoms with van der Waals surface area (Å²) in [5.41, 5.74) is 3.57. The van der Waals surface area contributed by atoms with Gasteiger partial charge >= 0.3 is 0 Å². The maximum absolute atomic E-state index is 6.64. The molecule has 1 aromatic heterocycles. The van der Waals surface area contributed by atoms with Crippen molar-refractivity contribution >= 4 is 22.9 Å². The Bertz CT molecular complexity index is 533. The highest BCUT2D eigenvalue weighted by molar-refractivity contribution is 7.10. The first-order valence-corrected chi connectivity index (χ1v) is 7.33. The minimum absolute atomic E-state index is 0.130. The van der Waals surface area contributed by atoms with Gasteiger partial charge in [-0.1, -0.05) is 24.6 Å². The molecule has 1 unspecified atom stereocenters. The summed E-state index contributed by atoms with van der Waals surface area (Å²) in [5.74, 6) is 0.857. The number of hydrogen-bond donors (Lipinski definition) is 0. The number of methoxy groups -OCH3 is 1. The van der Waals surface area contributed by atoms with Crippen LogP contribution in [-0.2, 0) is 6.42 Å². The molecule has 0 saturated carbocycles. The summed E-state index contributed by atoms with van der Waals surface area (Å²) in [5, 5.41) is 1.97. The van der Waals surface area contributed by atoms with Crippen LogP contribution in [0, 0.1) is 6.92 Å². The standard InChI is InChI=1S/C15H17ClOS/c1-4-11-7-8-18-15(11)14(16)12-9-10(2)5-6-13(12)17-3/h5-9,14H,4H2,1-3H3. The lowest BCUT2D eigenvalue weighted by Crippen LogP contribution is -1.98. The minimum Gasteiger partial charge on any atom is -0.496 e. The highest BCUT2D eigenvalue weighted by Gasteiger charge is 2.19. The van der Waals surface area contributed by atoms with E-state index in [2.05, 4.69) is 31.4 Å². The van der Waals surface area contributed by atoms with Crippen LogP contribution < -0.4 is 4.74 Å². The van der Waals surface area contributed by atoms with Gasteiger partial charge in [-0.15, -0.1) is 22.9 Å². The van der Waals surface area contributed by atoms with Gasteiger partial charge in [-0.05, 0) is 36.4 Å². The quantitative estimate of drug-likeness (QED) is 0.720. The van der Waals surface area contributed by atoms with E-state index in [9.17, 15) is 0 Å². The molecule has 1 atom stereocenters. The van der Waals surface area contributed by atoms with Gasteiger partial charge in [0.15, 0.2) is 0 Å². The van der Waals surface area contributed by atoms with Gasteiger partial charge in [-0.3, -0.25) is 0 Å². The Morgan fingerprint density at radius 1 is 1.33 bits per heavy atom. The number of hydrogen-bond acceptors (Lipinski definition) is 2. The van der Waals surface area contributed by atoms with Gasteiger partial charge in [-0.2, -0.15) is 0 Å². The van der Waals surface area contributed by atoms with Gasteiger partial charge in [-0.25, -0.2) is 0 Å². The molecular formula is C15H17ClOS. The van der Waals surface area contributed by atoms with Crippen molar-refractivity contribution in [3.05, 3.63) is 51.2 Å². The predicted molar refractivity (Wildman–Crippen MR) is 79.1 cm³/mol. The van der Waals surface area contributed by atoms with Crippen LogP contribution in [0.2, 0.25) is 0 Å². The van der Waals surface area contributed by atoms with Crippen molar-refractivity contribution in [3.8, 4) is 5.75 Å². The third-order valence-electron chi connectivity index (χ3n) is 3.05. The first-order chi connectivity index (χ1) is 8.67. The third-order valence-corrected chi connectivity index (χ3v) is 4.66. The predicted octanol–water partition coefficient (Wildman–Crippen LogP) is 4.96. The van der Waals surface area contributed by atoms with Crippen LogP contribution in [0.15, 0.2) is 29.6 Å². The first-order valence-electron chi connectivity index (χ1n) is 6.02. The van der Waals surface area contributed by atoms with Crippen LogP contribution in [0.4, 0.5) is 0 Å². The van der Waals surface area contributed by atoms with Crippen molar-refractivity contribution in [1.82, 2.24) is 0 Å². The summed E-state index contributed by atoms with van der Waals surface area (Å²) < 4.78 is 5.41. The van der Waals surface area contributed by atoms with Gasteiger partial charge in [0.2, 0.25) is 0 Å². The van der Waals surface area contributed by atoms with Gasteiger partial charge in [0.05, 0.1) is 12.5 Å². The number of ether oxygens (including phenoxy) is 1. The number of alkyl halides is 1. The number of thiophene rings is 1. The van der Waals surface area contributed by atoms with E-state index in [-0.39, 0.29) is 5.38 Å². The summed E-state index contributed by atoms with van der Waals surface area (Å²) in [6.45, 7) is 4.23. The molecule has 18 heavy (non-hydrogen) atoms. The number of benzene rings is 1. The molecule has 2 aromatic rings. The largest absolute Gasteiger partial charge is 0.496 e. The van der Waals surface area contributed by atoms with E-state index < -0.39 is 0 Å². The van der Waals surface area contributed by atoms with Gasteiger partial charge in [0, 0.05) is 10.4 Å². The third kappa shape index (κ3) is 2.55. The molecule has 3 heteroatoms. The Labute approximate surface area is 117 Å². The molecule has 0 radical (unpaired) electrons. The Morgan fingerprint density at radius 2 is 2.11 bits per heavy atom. The molecule has 2 rings (SSSR count). The molecular weight excluding hydrogens is 264 g/mol. The normalized spacial score (nSPS) is 12.4. The van der Waals surface area contributed by atoms with Crippen molar-refractivity contribution < 1.29 is 4.74 Å². The van der Waals surface area contributed by atoms with Crippen molar-refractivity contribution in [2.45, 2.75) is 25.6 Å². The lowest BCUT2D eigenvalue weighted by atomic mass is 10.0. The van der Waals surface area contributed by atoms with Crippen molar-refractivity contribution in [2.75, 3.05) is 7.11 Å². The zero-order valence-corrected chi connectivity index (χ0v) is 12.4. The zero-order valence-electron chi connectivity index (χ0n) is 10.9. The van der Waals surface area contributed by atoms with E-state index in [4.69, 9.17) is 16.3 Å². The van der Waals surface area contributed by atoms with Gasteiger partial charge in [0.25, 0.3) is 0 Å². The Morgan fingerprint density at radius 3 is 2.78 bits per heavy atom. The maximum atomic E-state index is 6.64. The number of halogens is 1. The SMILES string of the molecule is CCc1ccsc1C(Cl)c1cc(C)ccc1OC. The van der Waals surface area contributed by atoms with E-state index in [1.54, 1.807) is 18.4 Å². The first kappa shape index (κ1) is 13.4. The molecule has 0 fully saturated rings. The minimum atomic E-state index is -0.130. The molecule has 96 valence electrons. The summed E-state index contributed by atoms with van der Waals surface area (Å²) in [6, 6.07) is 8.29. The van der Waals surface area contributed by atoms with E-state index >= 15 is 0 Å². The smallest absolute Gasteiger partial charge is 0.123 e. The molecule has 1 aromatic carbocycles. The van der Waals surface area contributed by atoms with E-state index in [0.29, 0.717) is 0 Å². The van der Waals surface area contributed by atoms with Crippen molar-refractivity contribution in [2.24, 2.45) is 0 Å². The lowest BCUT2D eigenvalue weighted by Gasteiger charge is -2.15. The number of aryl methyl sites for hydroxylation is 2. The van der Waals surface area contributed by atoms with Crippen molar-refractivity contribution in [3.63, 3.8) is 0 Å². The molecule has 0 bridgehead atoms. The molecule has 0 saturated heterocycles. The van der Waals surface area contributed by atoms with Crippen LogP contribution in [0.5, 0.6) is 5.75 Å². The summed E-state index contributed by atoms with van der Waals surface area (Å²) in [4.78, 5) is 1.23. The molecule has 0 spiro atoms. The Balaban J connectivity index is 2.45. The average Bonchev–Trinajstić information content (AvgIpc) is 2.86. The van der Waals surface area contributed by atoms with Crippen LogP contribution in [0.25, 0.3) is 0 Å². The molecule has 0 aliphatic heterocycles. The molecule has 0 N–H and O–H groups in total. The number of rotatable bonds is 4. The van der Waals surface area contributed by atoms with Gasteiger partial charge in [0.1, 0.15) is 5.75 Å². The second kappa shape index (κ2) is 5.77. The molecule has 0 aliphatic carbocycles. The summed E-state index contributed by atoms with van der Waals surface area (Å²) in [7, 11) is 1.69. The summed E-state index contributed by atoms with van der Waals surface area (Å²) >= 11 is 8.36. The maximum Gasteiger partial charge on any atom is 0.123 e. The summed E-state index contributed by atoms with van der Waals surface area (Å²) in [6.07, 6.45) is 1.01. The van der Waals surface area contributed by atoms with E-state index in [1.807, 2.05) is 12.1 Å². The molecule has 1 heterocycles. The second-order valence-electron chi connectivity index (χ2n) is 4.27. The highest BCUT2D eigenvalue weighted by atomic mass is 35.5. The van der Waals surface area contributed by atoms with Crippen LogP contribution >= 0.6 is 22.9 Å². The van der Waals surface area contributed by atoms with E-state index in [0.717, 1.165) is 17.7 Å². The zero-order chi connectivity index (χ0) is 13.1. The topological polar surface area (TPSA) is 9.23 Å². The fourth-order valence-corrected chi connectivity index (χ4v) is 3.51. The van der Waals surface area contributed by atoms with Crippen LogP contribution in [0.1, 0.15) is 33.9 Å². The van der Waals surface area contributed by atoms with Crippen LogP contribution in [0.3, 0.4) is 0 Å². The van der Waals surface area contributed by atoms with Crippen molar-refractivity contribution in [1.29, 1.82) is 0 Å². The molecule has 1 nitrogen and oxygen atoms in total. The fraction of sp³-hybridized carbons (Fsp3) is 0.333. The van der Waals surface area contributed by atoms with Gasteiger partial charge < -0.3 is 4.74 Å².